The van der Waals surface area contributed by atoms with E-state index >= 15 is 0 Å². The fourth-order valence-electron chi connectivity index (χ4n) is 2.13. The number of carbonyl (C=O) groups is 1. The molecule has 0 bridgehead atoms. The van der Waals surface area contributed by atoms with Crippen LogP contribution in [0.15, 0.2) is 47.5 Å². The lowest BCUT2D eigenvalue weighted by Gasteiger charge is -2.05. The van der Waals surface area contributed by atoms with Gasteiger partial charge in [-0.2, -0.15) is 0 Å². The zero-order valence-electron chi connectivity index (χ0n) is 12.2. The van der Waals surface area contributed by atoms with Crippen LogP contribution < -0.4 is 4.72 Å². The van der Waals surface area contributed by atoms with E-state index in [0.717, 1.165) is 5.56 Å². The van der Waals surface area contributed by atoms with E-state index in [4.69, 9.17) is 5.11 Å². The Morgan fingerprint density at radius 3 is 2.50 bits per heavy atom. The van der Waals surface area contributed by atoms with Gasteiger partial charge < -0.3 is 9.67 Å². The molecule has 0 fully saturated rings. The van der Waals surface area contributed by atoms with Crippen molar-refractivity contribution in [1.29, 1.82) is 0 Å². The van der Waals surface area contributed by atoms with Crippen LogP contribution in [0.3, 0.4) is 0 Å². The van der Waals surface area contributed by atoms with Gasteiger partial charge in [0.2, 0.25) is 10.0 Å². The van der Waals surface area contributed by atoms with Gasteiger partial charge >= 0.3 is 5.97 Å². The highest BCUT2D eigenvalue weighted by Gasteiger charge is 2.20. The van der Waals surface area contributed by atoms with Crippen LogP contribution in [0.1, 0.15) is 23.0 Å². The lowest BCUT2D eigenvalue weighted by Crippen LogP contribution is -2.25. The molecule has 2 N–H and O–H groups in total. The van der Waals surface area contributed by atoms with Crippen molar-refractivity contribution in [3.05, 3.63) is 53.9 Å². The molecule has 118 valence electrons. The van der Waals surface area contributed by atoms with E-state index in [-0.39, 0.29) is 17.1 Å². The predicted molar refractivity (Wildman–Crippen MR) is 82.4 cm³/mol. The molecule has 0 spiro atoms. The van der Waals surface area contributed by atoms with Gasteiger partial charge in [-0.1, -0.05) is 30.3 Å². The first-order valence-corrected chi connectivity index (χ1v) is 8.39. The van der Waals surface area contributed by atoms with Crippen LogP contribution in [-0.2, 0) is 23.0 Å². The highest BCUT2D eigenvalue weighted by Crippen LogP contribution is 2.14. The third-order valence-electron chi connectivity index (χ3n) is 3.29. The molecule has 0 amide bonds. The van der Waals surface area contributed by atoms with Crippen molar-refractivity contribution in [3.8, 4) is 0 Å². The van der Waals surface area contributed by atoms with Crippen molar-refractivity contribution in [2.24, 2.45) is 0 Å². The second-order valence-corrected chi connectivity index (χ2v) is 6.55. The Labute approximate surface area is 129 Å². The van der Waals surface area contributed by atoms with Crippen LogP contribution in [-0.4, -0.2) is 30.6 Å². The number of aryl methyl sites for hydroxylation is 1. The summed E-state index contributed by atoms with van der Waals surface area (Å²) < 4.78 is 28.3. The normalized spacial score (nSPS) is 11.5. The first-order chi connectivity index (χ1) is 10.4. The number of benzene rings is 1. The number of hydrogen-bond acceptors (Lipinski definition) is 3. The summed E-state index contributed by atoms with van der Waals surface area (Å²) in [4.78, 5) is 11.1. The number of carboxylic acid groups (broad SMARTS) is 1. The van der Waals surface area contributed by atoms with Gasteiger partial charge in [-0.25, -0.2) is 17.9 Å². The van der Waals surface area contributed by atoms with Gasteiger partial charge in [0, 0.05) is 19.3 Å². The van der Waals surface area contributed by atoms with Gasteiger partial charge in [0.25, 0.3) is 0 Å². The Bertz CT molecular complexity index is 751. The minimum absolute atomic E-state index is 0.0280. The zero-order valence-corrected chi connectivity index (χ0v) is 13.0. The van der Waals surface area contributed by atoms with Crippen LogP contribution in [0.25, 0.3) is 0 Å². The molecule has 0 saturated carbocycles. The average Bonchev–Trinajstić information content (AvgIpc) is 2.93. The monoisotopic (exact) mass is 322 g/mol. The molecule has 0 radical (unpaired) electrons. The molecule has 2 rings (SSSR count). The first kappa shape index (κ1) is 16.3. The summed E-state index contributed by atoms with van der Waals surface area (Å²) in [6, 6.07) is 10.7. The van der Waals surface area contributed by atoms with Gasteiger partial charge in [0.15, 0.2) is 0 Å². The summed E-state index contributed by atoms with van der Waals surface area (Å²) in [5, 5.41) is 9.06. The van der Waals surface area contributed by atoms with Gasteiger partial charge in [0.1, 0.15) is 10.6 Å². The van der Waals surface area contributed by atoms with E-state index in [1.807, 2.05) is 30.3 Å². The highest BCUT2D eigenvalue weighted by molar-refractivity contribution is 7.89. The summed E-state index contributed by atoms with van der Waals surface area (Å²) in [5.74, 6) is -1.15. The lowest BCUT2D eigenvalue weighted by atomic mass is 10.2. The molecular weight excluding hydrogens is 304 g/mol. The summed E-state index contributed by atoms with van der Waals surface area (Å²) in [5.41, 5.74) is 0.994. The molecule has 0 aliphatic rings. The van der Waals surface area contributed by atoms with Gasteiger partial charge in [0.05, 0.1) is 0 Å². The van der Waals surface area contributed by atoms with Crippen LogP contribution >= 0.6 is 0 Å². The number of carboxylic acids is 1. The van der Waals surface area contributed by atoms with E-state index in [0.29, 0.717) is 13.0 Å². The quantitative estimate of drug-likeness (QED) is 0.812. The molecule has 0 saturated heterocycles. The Balaban J connectivity index is 2.08. The fourth-order valence-corrected chi connectivity index (χ4v) is 3.20. The zero-order chi connectivity index (χ0) is 16.2. The number of aromatic carboxylic acids is 1. The number of rotatable bonds is 7. The van der Waals surface area contributed by atoms with Crippen LogP contribution in [0, 0.1) is 0 Å². The van der Waals surface area contributed by atoms with Crippen LogP contribution in [0.4, 0.5) is 0 Å². The summed E-state index contributed by atoms with van der Waals surface area (Å²) >= 11 is 0. The van der Waals surface area contributed by atoms with E-state index < -0.39 is 16.0 Å². The molecular formula is C15H18N2O4S. The number of nitrogens with zero attached hydrogens (tertiary/aromatic N) is 1. The number of sulfonamides is 1. The third-order valence-corrected chi connectivity index (χ3v) is 4.72. The minimum Gasteiger partial charge on any atom is -0.477 e. The van der Waals surface area contributed by atoms with Crippen molar-refractivity contribution in [2.75, 3.05) is 6.54 Å². The topological polar surface area (TPSA) is 88.4 Å². The molecule has 0 unspecified atom stereocenters. The summed E-state index contributed by atoms with van der Waals surface area (Å²) in [6.45, 7) is 2.40. The highest BCUT2D eigenvalue weighted by atomic mass is 32.2. The van der Waals surface area contributed by atoms with E-state index in [1.165, 1.54) is 16.8 Å². The Morgan fingerprint density at radius 1 is 1.27 bits per heavy atom. The number of nitrogens with one attached hydrogen (secondary N) is 1. The molecule has 22 heavy (non-hydrogen) atoms. The molecule has 0 aliphatic carbocycles. The summed E-state index contributed by atoms with van der Waals surface area (Å²) in [6.07, 6.45) is 1.91. The van der Waals surface area contributed by atoms with Gasteiger partial charge in [-0.3, -0.25) is 0 Å². The second kappa shape index (κ2) is 6.76. The molecule has 1 heterocycles. The van der Waals surface area contributed by atoms with Gasteiger partial charge in [-0.15, -0.1) is 0 Å². The number of aromatic nitrogens is 1. The maximum atomic E-state index is 12.2. The third kappa shape index (κ3) is 3.75. The lowest BCUT2D eigenvalue weighted by molar-refractivity contribution is 0.0685. The molecule has 2 aromatic rings. The van der Waals surface area contributed by atoms with Gasteiger partial charge in [-0.05, 0) is 25.0 Å². The fraction of sp³-hybridized carbons (Fsp3) is 0.267. The first-order valence-electron chi connectivity index (χ1n) is 6.91. The van der Waals surface area contributed by atoms with Crippen molar-refractivity contribution < 1.29 is 18.3 Å². The molecule has 1 aromatic heterocycles. The number of hydrogen-bond donors (Lipinski definition) is 2. The maximum Gasteiger partial charge on any atom is 0.352 e. The molecule has 7 heteroatoms. The van der Waals surface area contributed by atoms with Crippen molar-refractivity contribution >= 4 is 16.0 Å². The average molecular weight is 322 g/mol. The SMILES string of the molecule is CCn1cc(S(=O)(=O)NCCc2ccccc2)cc1C(=O)O. The molecule has 0 aliphatic heterocycles. The maximum absolute atomic E-state index is 12.2. The van der Waals surface area contributed by atoms with Crippen LogP contribution in [0.2, 0.25) is 0 Å². The van der Waals surface area contributed by atoms with E-state index in [2.05, 4.69) is 4.72 Å². The van der Waals surface area contributed by atoms with E-state index in [1.54, 1.807) is 6.92 Å². The minimum atomic E-state index is -3.71. The van der Waals surface area contributed by atoms with Crippen molar-refractivity contribution in [1.82, 2.24) is 9.29 Å². The predicted octanol–water partition coefficient (Wildman–Crippen LogP) is 1.73. The Kier molecular flexibility index (Phi) is 4.99. The van der Waals surface area contributed by atoms with E-state index in [9.17, 15) is 13.2 Å². The molecule has 1 aromatic carbocycles. The Hall–Kier alpha value is -2.12. The molecule has 6 nitrogen and oxygen atoms in total. The second-order valence-electron chi connectivity index (χ2n) is 4.79. The van der Waals surface area contributed by atoms with Crippen molar-refractivity contribution in [2.45, 2.75) is 24.8 Å². The largest absolute Gasteiger partial charge is 0.477 e. The smallest absolute Gasteiger partial charge is 0.352 e. The standard InChI is InChI=1S/C15H18N2O4S/c1-2-17-11-13(10-14(17)15(18)19)22(20,21)16-9-8-12-6-4-3-5-7-12/h3-7,10-11,16H,2,8-9H2,1H3,(H,18,19). The van der Waals surface area contributed by atoms with Crippen LogP contribution in [0.5, 0.6) is 0 Å². The summed E-state index contributed by atoms with van der Waals surface area (Å²) in [7, 11) is -3.71. The van der Waals surface area contributed by atoms with Crippen molar-refractivity contribution in [3.63, 3.8) is 0 Å². The Morgan fingerprint density at radius 2 is 1.95 bits per heavy atom. The molecule has 0 atom stereocenters.